The molecular formula is C13H26N2O3. The number of methoxy groups -OCH3 is 1. The number of aliphatic hydroxyl groups excluding tert-OH is 1. The molecular weight excluding hydrogens is 232 g/mol. The van der Waals surface area contributed by atoms with Gasteiger partial charge in [-0.2, -0.15) is 0 Å². The minimum atomic E-state index is -0.220. The summed E-state index contributed by atoms with van der Waals surface area (Å²) >= 11 is 0. The first-order valence-electron chi connectivity index (χ1n) is 6.86. The van der Waals surface area contributed by atoms with E-state index in [1.807, 2.05) is 4.90 Å². The molecule has 1 unspecified atom stereocenters. The number of carbonyl (C=O) groups is 1. The van der Waals surface area contributed by atoms with Gasteiger partial charge in [0.25, 0.3) is 0 Å². The van der Waals surface area contributed by atoms with Gasteiger partial charge in [0.1, 0.15) is 0 Å². The van der Waals surface area contributed by atoms with E-state index in [9.17, 15) is 4.79 Å². The van der Waals surface area contributed by atoms with Crippen LogP contribution in [-0.2, 0) is 9.53 Å². The van der Waals surface area contributed by atoms with E-state index >= 15 is 0 Å². The topological polar surface area (TPSA) is 75.8 Å². The molecule has 18 heavy (non-hydrogen) atoms. The molecule has 0 heterocycles. The molecule has 1 saturated carbocycles. The molecule has 5 heteroatoms. The molecule has 106 valence electrons. The van der Waals surface area contributed by atoms with Crippen LogP contribution in [0.4, 0.5) is 0 Å². The average Bonchev–Trinajstić information content (AvgIpc) is 2.42. The second-order valence-corrected chi connectivity index (χ2v) is 4.90. The SMILES string of the molecule is COC(CN)CC(=O)N(CCO)C1CCCCC1. The van der Waals surface area contributed by atoms with E-state index in [0.29, 0.717) is 19.5 Å². The fourth-order valence-corrected chi connectivity index (χ4v) is 2.59. The number of nitrogens with zero attached hydrogens (tertiary/aromatic N) is 1. The van der Waals surface area contributed by atoms with Gasteiger partial charge in [-0.05, 0) is 12.8 Å². The van der Waals surface area contributed by atoms with Gasteiger partial charge < -0.3 is 20.5 Å². The normalized spacial score (nSPS) is 18.6. The zero-order chi connectivity index (χ0) is 13.4. The summed E-state index contributed by atoms with van der Waals surface area (Å²) in [6, 6.07) is 0.286. The Morgan fingerprint density at radius 1 is 1.44 bits per heavy atom. The first-order chi connectivity index (χ1) is 8.72. The Hall–Kier alpha value is -0.650. The maximum Gasteiger partial charge on any atom is 0.225 e. The third-order valence-corrected chi connectivity index (χ3v) is 3.68. The molecule has 0 aromatic heterocycles. The number of carbonyl (C=O) groups excluding carboxylic acids is 1. The van der Waals surface area contributed by atoms with Crippen molar-refractivity contribution in [2.75, 3.05) is 26.8 Å². The van der Waals surface area contributed by atoms with Gasteiger partial charge in [-0.25, -0.2) is 0 Å². The Morgan fingerprint density at radius 3 is 2.61 bits per heavy atom. The first-order valence-corrected chi connectivity index (χ1v) is 6.86. The summed E-state index contributed by atoms with van der Waals surface area (Å²) in [7, 11) is 1.57. The molecule has 1 atom stereocenters. The number of hydrogen-bond acceptors (Lipinski definition) is 4. The lowest BCUT2D eigenvalue weighted by atomic mass is 9.94. The quantitative estimate of drug-likeness (QED) is 0.697. The minimum Gasteiger partial charge on any atom is -0.395 e. The van der Waals surface area contributed by atoms with E-state index in [1.54, 1.807) is 7.11 Å². The predicted octanol–water partition coefficient (Wildman–Crippen LogP) is 0.504. The molecule has 1 fully saturated rings. The summed E-state index contributed by atoms with van der Waals surface area (Å²) in [5.41, 5.74) is 5.54. The van der Waals surface area contributed by atoms with E-state index in [0.717, 1.165) is 12.8 Å². The maximum absolute atomic E-state index is 12.2. The van der Waals surface area contributed by atoms with Crippen LogP contribution >= 0.6 is 0 Å². The smallest absolute Gasteiger partial charge is 0.225 e. The molecule has 1 aliphatic carbocycles. The highest BCUT2D eigenvalue weighted by Gasteiger charge is 2.26. The van der Waals surface area contributed by atoms with Crippen LogP contribution in [0.25, 0.3) is 0 Å². The summed E-state index contributed by atoms with van der Waals surface area (Å²) in [6.45, 7) is 0.785. The fraction of sp³-hybridized carbons (Fsp3) is 0.923. The van der Waals surface area contributed by atoms with E-state index in [4.69, 9.17) is 15.6 Å². The van der Waals surface area contributed by atoms with Crippen molar-refractivity contribution < 1.29 is 14.6 Å². The van der Waals surface area contributed by atoms with Gasteiger partial charge in [-0.1, -0.05) is 19.3 Å². The van der Waals surface area contributed by atoms with Gasteiger partial charge in [-0.15, -0.1) is 0 Å². The second-order valence-electron chi connectivity index (χ2n) is 4.90. The monoisotopic (exact) mass is 258 g/mol. The van der Waals surface area contributed by atoms with Crippen molar-refractivity contribution in [2.24, 2.45) is 5.73 Å². The molecule has 1 rings (SSSR count). The Balaban J connectivity index is 2.55. The maximum atomic E-state index is 12.2. The summed E-state index contributed by atoms with van der Waals surface area (Å²) in [6.07, 6.45) is 5.78. The summed E-state index contributed by atoms with van der Waals surface area (Å²) in [4.78, 5) is 14.1. The largest absolute Gasteiger partial charge is 0.395 e. The summed E-state index contributed by atoms with van der Waals surface area (Å²) in [5.74, 6) is 0.0493. The molecule has 1 aliphatic rings. The van der Waals surface area contributed by atoms with E-state index in [1.165, 1.54) is 19.3 Å². The second kappa shape index (κ2) is 8.45. The lowest BCUT2D eigenvalue weighted by Crippen LogP contribution is -2.45. The van der Waals surface area contributed by atoms with Crippen molar-refractivity contribution >= 4 is 5.91 Å². The van der Waals surface area contributed by atoms with Gasteiger partial charge in [0.2, 0.25) is 5.91 Å². The van der Waals surface area contributed by atoms with Gasteiger partial charge >= 0.3 is 0 Å². The lowest BCUT2D eigenvalue weighted by Gasteiger charge is -2.34. The Kier molecular flexibility index (Phi) is 7.23. The molecule has 1 amide bonds. The van der Waals surface area contributed by atoms with Crippen LogP contribution in [0.1, 0.15) is 38.5 Å². The van der Waals surface area contributed by atoms with E-state index in [2.05, 4.69) is 0 Å². The van der Waals surface area contributed by atoms with Crippen molar-refractivity contribution in [1.29, 1.82) is 0 Å². The molecule has 0 aromatic rings. The van der Waals surface area contributed by atoms with Crippen LogP contribution in [-0.4, -0.2) is 54.9 Å². The van der Waals surface area contributed by atoms with Gasteiger partial charge in [0.15, 0.2) is 0 Å². The predicted molar refractivity (Wildman–Crippen MR) is 70.1 cm³/mol. The number of rotatable bonds is 7. The standard InChI is InChI=1S/C13H26N2O3/c1-18-12(10-14)9-13(17)15(7-8-16)11-5-3-2-4-6-11/h11-12,16H,2-10,14H2,1H3. The lowest BCUT2D eigenvalue weighted by molar-refractivity contribution is -0.137. The molecule has 0 aromatic carbocycles. The minimum absolute atomic E-state index is 0.0164. The number of hydrogen-bond donors (Lipinski definition) is 2. The average molecular weight is 258 g/mol. The van der Waals surface area contributed by atoms with Crippen molar-refractivity contribution in [3.8, 4) is 0 Å². The van der Waals surface area contributed by atoms with Gasteiger partial charge in [-0.3, -0.25) is 4.79 Å². The zero-order valence-corrected chi connectivity index (χ0v) is 11.3. The summed E-state index contributed by atoms with van der Waals surface area (Å²) < 4.78 is 5.15. The Morgan fingerprint density at radius 2 is 2.11 bits per heavy atom. The Bertz CT molecular complexity index is 238. The number of aliphatic hydroxyl groups is 1. The van der Waals surface area contributed by atoms with Crippen molar-refractivity contribution in [3.05, 3.63) is 0 Å². The highest BCUT2D eigenvalue weighted by molar-refractivity contribution is 5.77. The molecule has 0 aliphatic heterocycles. The highest BCUT2D eigenvalue weighted by atomic mass is 16.5. The van der Waals surface area contributed by atoms with Crippen molar-refractivity contribution in [1.82, 2.24) is 4.90 Å². The highest BCUT2D eigenvalue weighted by Crippen LogP contribution is 2.23. The van der Waals surface area contributed by atoms with E-state index < -0.39 is 0 Å². The van der Waals surface area contributed by atoms with E-state index in [-0.39, 0.29) is 24.7 Å². The van der Waals surface area contributed by atoms with Crippen LogP contribution in [0, 0.1) is 0 Å². The van der Waals surface area contributed by atoms with Crippen molar-refractivity contribution in [2.45, 2.75) is 50.7 Å². The summed E-state index contributed by atoms with van der Waals surface area (Å²) in [5, 5.41) is 9.11. The molecule has 0 spiro atoms. The van der Waals surface area contributed by atoms with Crippen LogP contribution in [0.2, 0.25) is 0 Å². The molecule has 0 saturated heterocycles. The fourth-order valence-electron chi connectivity index (χ4n) is 2.59. The molecule has 5 nitrogen and oxygen atoms in total. The number of amides is 1. The molecule has 0 bridgehead atoms. The van der Waals surface area contributed by atoms with Gasteiger partial charge in [0.05, 0.1) is 19.1 Å². The molecule has 0 radical (unpaired) electrons. The van der Waals surface area contributed by atoms with Crippen LogP contribution in [0.5, 0.6) is 0 Å². The van der Waals surface area contributed by atoms with Crippen LogP contribution < -0.4 is 5.73 Å². The Labute approximate surface area is 109 Å². The molecule has 3 N–H and O–H groups in total. The van der Waals surface area contributed by atoms with Crippen LogP contribution in [0.15, 0.2) is 0 Å². The van der Waals surface area contributed by atoms with Gasteiger partial charge in [0, 0.05) is 26.2 Å². The zero-order valence-electron chi connectivity index (χ0n) is 11.3. The number of nitrogens with two attached hydrogens (primary N) is 1. The third kappa shape index (κ3) is 4.55. The first kappa shape index (κ1) is 15.4. The van der Waals surface area contributed by atoms with Crippen molar-refractivity contribution in [3.63, 3.8) is 0 Å². The third-order valence-electron chi connectivity index (χ3n) is 3.68. The number of ether oxygens (including phenoxy) is 1. The van der Waals surface area contributed by atoms with Crippen LogP contribution in [0.3, 0.4) is 0 Å².